The summed E-state index contributed by atoms with van der Waals surface area (Å²) in [5.74, 6) is 8.06. The van der Waals surface area contributed by atoms with Gasteiger partial charge in [0.2, 0.25) is 0 Å². The second-order valence-corrected chi connectivity index (χ2v) is 3.53. The Bertz CT molecular complexity index is 500. The average Bonchev–Trinajstić information content (AvgIpc) is 2.42. The zero-order valence-electron chi connectivity index (χ0n) is 10.1. The number of hydrazine groups is 1. The molecule has 94 valence electrons. The van der Waals surface area contributed by atoms with Crippen molar-refractivity contribution in [3.05, 3.63) is 42.6 Å². The third kappa shape index (κ3) is 3.11. The van der Waals surface area contributed by atoms with E-state index in [4.69, 9.17) is 15.3 Å². The van der Waals surface area contributed by atoms with Crippen molar-refractivity contribution in [2.75, 3.05) is 12.0 Å². The summed E-state index contributed by atoms with van der Waals surface area (Å²) in [6.45, 7) is 2.60. The lowest BCUT2D eigenvalue weighted by Gasteiger charge is -2.08. The highest BCUT2D eigenvalue weighted by Crippen LogP contribution is 2.24. The molecule has 0 saturated heterocycles. The van der Waals surface area contributed by atoms with Gasteiger partial charge in [-0.3, -0.25) is 0 Å². The van der Waals surface area contributed by atoms with Crippen LogP contribution in [-0.2, 0) is 0 Å². The molecule has 1 heterocycles. The Morgan fingerprint density at radius 2 is 1.83 bits per heavy atom. The fourth-order valence-electron chi connectivity index (χ4n) is 1.46. The van der Waals surface area contributed by atoms with Crippen LogP contribution in [0.1, 0.15) is 6.92 Å². The molecule has 0 spiro atoms. The minimum atomic E-state index is 0.554. The molecular formula is C13H15N3O2. The first-order chi connectivity index (χ1) is 8.81. The molecule has 2 aromatic rings. The molecule has 3 N–H and O–H groups in total. The van der Waals surface area contributed by atoms with Crippen molar-refractivity contribution in [2.45, 2.75) is 6.92 Å². The molecule has 18 heavy (non-hydrogen) atoms. The van der Waals surface area contributed by atoms with Gasteiger partial charge in [-0.25, -0.2) is 10.8 Å². The normalized spacial score (nSPS) is 9.89. The molecule has 2 rings (SSSR count). The van der Waals surface area contributed by atoms with Gasteiger partial charge in [0.1, 0.15) is 23.1 Å². The number of hydrogen-bond acceptors (Lipinski definition) is 5. The molecule has 1 aromatic heterocycles. The van der Waals surface area contributed by atoms with E-state index >= 15 is 0 Å². The number of benzene rings is 1. The number of nitrogens with one attached hydrogen (secondary N) is 1. The predicted molar refractivity (Wildman–Crippen MR) is 69.7 cm³/mol. The molecule has 0 fully saturated rings. The topological polar surface area (TPSA) is 69.4 Å². The van der Waals surface area contributed by atoms with Crippen molar-refractivity contribution in [3.8, 4) is 17.2 Å². The Morgan fingerprint density at radius 1 is 1.11 bits per heavy atom. The summed E-state index contributed by atoms with van der Waals surface area (Å²) in [6.07, 6.45) is 1.62. The number of nitrogens with zero attached hydrogens (tertiary/aromatic N) is 1. The third-order valence-corrected chi connectivity index (χ3v) is 2.25. The molecule has 0 unspecified atom stereocenters. The zero-order valence-corrected chi connectivity index (χ0v) is 10.1. The Kier molecular flexibility index (Phi) is 3.98. The van der Waals surface area contributed by atoms with E-state index in [0.717, 1.165) is 11.5 Å². The molecule has 0 bridgehead atoms. The highest BCUT2D eigenvalue weighted by atomic mass is 16.5. The second kappa shape index (κ2) is 5.88. The van der Waals surface area contributed by atoms with Crippen molar-refractivity contribution in [1.29, 1.82) is 0 Å². The van der Waals surface area contributed by atoms with Crippen LogP contribution in [0.2, 0.25) is 0 Å². The molecule has 1 aromatic carbocycles. The third-order valence-electron chi connectivity index (χ3n) is 2.25. The molecule has 0 amide bonds. The van der Waals surface area contributed by atoms with Crippen molar-refractivity contribution in [3.63, 3.8) is 0 Å². The highest BCUT2D eigenvalue weighted by Gasteiger charge is 2.00. The first kappa shape index (κ1) is 12.2. The molecule has 0 aliphatic carbocycles. The summed E-state index contributed by atoms with van der Waals surface area (Å²) in [7, 11) is 0. The summed E-state index contributed by atoms with van der Waals surface area (Å²) >= 11 is 0. The van der Waals surface area contributed by atoms with Gasteiger partial charge >= 0.3 is 0 Å². The number of ether oxygens (including phenoxy) is 2. The predicted octanol–water partition coefficient (Wildman–Crippen LogP) is 2.56. The fourth-order valence-corrected chi connectivity index (χ4v) is 1.46. The van der Waals surface area contributed by atoms with E-state index in [1.165, 1.54) is 0 Å². The Morgan fingerprint density at radius 3 is 2.50 bits per heavy atom. The lowest BCUT2D eigenvalue weighted by molar-refractivity contribution is 0.339. The van der Waals surface area contributed by atoms with E-state index in [-0.39, 0.29) is 0 Å². The SMILES string of the molecule is CCOc1ccc(Oc2ccnc(NN)c2)cc1. The summed E-state index contributed by atoms with van der Waals surface area (Å²) in [5, 5.41) is 0. The number of rotatable bonds is 5. The van der Waals surface area contributed by atoms with Crippen molar-refractivity contribution < 1.29 is 9.47 Å². The minimum absolute atomic E-state index is 0.554. The summed E-state index contributed by atoms with van der Waals surface area (Å²) in [6, 6.07) is 10.9. The van der Waals surface area contributed by atoms with E-state index in [9.17, 15) is 0 Å². The fraction of sp³-hybridized carbons (Fsp3) is 0.154. The molecular weight excluding hydrogens is 230 g/mol. The Hall–Kier alpha value is -2.27. The van der Waals surface area contributed by atoms with Gasteiger partial charge in [0.25, 0.3) is 0 Å². The maximum absolute atomic E-state index is 5.66. The smallest absolute Gasteiger partial charge is 0.143 e. The number of pyridine rings is 1. The number of hydrogen-bond donors (Lipinski definition) is 2. The van der Waals surface area contributed by atoms with Gasteiger partial charge in [-0.2, -0.15) is 0 Å². The summed E-state index contributed by atoms with van der Waals surface area (Å²) in [4.78, 5) is 4.00. The van der Waals surface area contributed by atoms with Crippen molar-refractivity contribution in [1.82, 2.24) is 4.98 Å². The summed E-state index contributed by atoms with van der Waals surface area (Å²) in [5.41, 5.74) is 2.47. The van der Waals surface area contributed by atoms with E-state index in [2.05, 4.69) is 10.4 Å². The van der Waals surface area contributed by atoms with Gasteiger partial charge in [0.15, 0.2) is 0 Å². The monoisotopic (exact) mass is 245 g/mol. The number of nitrogens with two attached hydrogens (primary N) is 1. The Labute approximate surface area is 106 Å². The zero-order chi connectivity index (χ0) is 12.8. The van der Waals surface area contributed by atoms with Crippen LogP contribution in [0.3, 0.4) is 0 Å². The number of anilines is 1. The lowest BCUT2D eigenvalue weighted by atomic mass is 10.3. The second-order valence-electron chi connectivity index (χ2n) is 3.53. The van der Waals surface area contributed by atoms with Crippen LogP contribution in [0.4, 0.5) is 5.82 Å². The highest BCUT2D eigenvalue weighted by molar-refractivity contribution is 5.42. The van der Waals surface area contributed by atoms with Crippen LogP contribution in [0.15, 0.2) is 42.6 Å². The number of nitrogen functional groups attached to an aromatic ring is 1. The van der Waals surface area contributed by atoms with Crippen LogP contribution in [-0.4, -0.2) is 11.6 Å². The van der Waals surface area contributed by atoms with E-state index < -0.39 is 0 Å². The van der Waals surface area contributed by atoms with Gasteiger partial charge < -0.3 is 14.9 Å². The molecule has 0 aliphatic heterocycles. The van der Waals surface area contributed by atoms with Gasteiger partial charge in [0.05, 0.1) is 6.61 Å². The standard InChI is InChI=1S/C13H15N3O2/c1-2-17-10-3-5-11(6-4-10)18-12-7-8-15-13(9-12)16-14/h3-9H,2,14H2,1H3,(H,15,16). The Balaban J connectivity index is 2.08. The van der Waals surface area contributed by atoms with Crippen LogP contribution in [0.25, 0.3) is 0 Å². The number of aromatic nitrogens is 1. The first-order valence-electron chi connectivity index (χ1n) is 5.65. The molecule has 5 heteroatoms. The van der Waals surface area contributed by atoms with Crippen LogP contribution in [0.5, 0.6) is 17.2 Å². The first-order valence-corrected chi connectivity index (χ1v) is 5.65. The van der Waals surface area contributed by atoms with E-state index in [1.54, 1.807) is 18.3 Å². The largest absolute Gasteiger partial charge is 0.494 e. The lowest BCUT2D eigenvalue weighted by Crippen LogP contribution is -2.08. The quantitative estimate of drug-likeness (QED) is 0.625. The van der Waals surface area contributed by atoms with E-state index in [0.29, 0.717) is 18.2 Å². The van der Waals surface area contributed by atoms with Gasteiger partial charge in [0, 0.05) is 12.3 Å². The molecule has 0 radical (unpaired) electrons. The van der Waals surface area contributed by atoms with E-state index in [1.807, 2.05) is 31.2 Å². The minimum Gasteiger partial charge on any atom is -0.494 e. The molecule has 0 aliphatic rings. The van der Waals surface area contributed by atoms with Crippen LogP contribution in [0, 0.1) is 0 Å². The van der Waals surface area contributed by atoms with Gasteiger partial charge in [-0.05, 0) is 37.3 Å². The maximum atomic E-state index is 5.66. The molecule has 5 nitrogen and oxygen atoms in total. The summed E-state index contributed by atoms with van der Waals surface area (Å²) < 4.78 is 11.0. The average molecular weight is 245 g/mol. The van der Waals surface area contributed by atoms with Gasteiger partial charge in [-0.15, -0.1) is 0 Å². The molecule has 0 saturated carbocycles. The van der Waals surface area contributed by atoms with Gasteiger partial charge in [-0.1, -0.05) is 0 Å². The van der Waals surface area contributed by atoms with Crippen LogP contribution < -0.4 is 20.7 Å². The van der Waals surface area contributed by atoms with Crippen molar-refractivity contribution >= 4 is 5.82 Å². The molecule has 0 atom stereocenters. The maximum Gasteiger partial charge on any atom is 0.143 e. The van der Waals surface area contributed by atoms with Crippen LogP contribution >= 0.6 is 0 Å². The van der Waals surface area contributed by atoms with Crippen molar-refractivity contribution in [2.24, 2.45) is 5.84 Å².